The molecule has 9 nitrogen and oxygen atoms in total. The van der Waals surface area contributed by atoms with Crippen molar-refractivity contribution in [3.8, 4) is 0 Å². The lowest BCUT2D eigenvalue weighted by atomic mass is 9.68. The quantitative estimate of drug-likeness (QED) is 0.248. The molecule has 3 unspecified atom stereocenters. The van der Waals surface area contributed by atoms with Crippen LogP contribution in [-0.2, 0) is 14.4 Å². The molecule has 9 heteroatoms. The molecular formula is C30H40N4O5. The Kier molecular flexibility index (Phi) is 7.71. The molecule has 2 aliphatic heterocycles. The highest BCUT2D eigenvalue weighted by molar-refractivity contribution is 6.42. The van der Waals surface area contributed by atoms with Gasteiger partial charge >= 0.3 is 5.97 Å². The molecule has 4 bridgehead atoms. The Labute approximate surface area is 229 Å². The monoisotopic (exact) mass is 536 g/mol. The number of carbonyl (C=O) groups is 1. The fraction of sp³-hybridized carbons (Fsp3) is 0.667. The molecule has 2 aliphatic carbocycles. The first-order valence-corrected chi connectivity index (χ1v) is 14.8. The smallest absolute Gasteiger partial charge is 0.362 e. The van der Waals surface area contributed by atoms with Gasteiger partial charge in [0.25, 0.3) is 5.56 Å². The third-order valence-electron chi connectivity index (χ3n) is 9.63. The van der Waals surface area contributed by atoms with Gasteiger partial charge in [-0.1, -0.05) is 43.0 Å². The summed E-state index contributed by atoms with van der Waals surface area (Å²) in [4.78, 5) is 39.3. The Hall–Kier alpha value is -2.78. The van der Waals surface area contributed by atoms with Crippen LogP contribution in [0.4, 0.5) is 0 Å². The van der Waals surface area contributed by atoms with Gasteiger partial charge in [-0.25, -0.2) is 9.78 Å². The van der Waals surface area contributed by atoms with E-state index in [0.717, 1.165) is 30.2 Å². The molecule has 1 aromatic heterocycles. The minimum absolute atomic E-state index is 0.0102. The van der Waals surface area contributed by atoms with E-state index in [2.05, 4.69) is 15.0 Å². The minimum Gasteiger partial charge on any atom is -0.464 e. The molecule has 6 rings (SSSR count). The van der Waals surface area contributed by atoms with Crippen molar-refractivity contribution in [2.75, 3.05) is 20.3 Å². The number of aliphatic hydroxyl groups is 1. The molecule has 4 fully saturated rings. The molecular weight excluding hydrogens is 496 g/mol. The molecule has 0 spiro atoms. The maximum absolute atomic E-state index is 14.1. The maximum atomic E-state index is 14.1. The van der Waals surface area contributed by atoms with Gasteiger partial charge in [-0.2, -0.15) is 0 Å². The molecule has 3 heterocycles. The molecule has 0 amide bonds. The Morgan fingerprint density at radius 1 is 0.974 bits per heavy atom. The average Bonchev–Trinajstić information content (AvgIpc) is 2.94. The van der Waals surface area contributed by atoms with E-state index >= 15 is 0 Å². The van der Waals surface area contributed by atoms with Crippen molar-refractivity contribution in [1.29, 1.82) is 0 Å². The molecule has 2 saturated carbocycles. The topological polar surface area (TPSA) is 106 Å². The highest BCUT2D eigenvalue weighted by Crippen LogP contribution is 2.47. The molecule has 1 aromatic carbocycles. The van der Waals surface area contributed by atoms with Crippen molar-refractivity contribution in [2.45, 2.75) is 94.8 Å². The first-order valence-electron chi connectivity index (χ1n) is 14.8. The van der Waals surface area contributed by atoms with Crippen LogP contribution >= 0.6 is 0 Å². The normalized spacial score (nSPS) is 31.2. The summed E-state index contributed by atoms with van der Waals surface area (Å²) in [5, 5.41) is 13.0. The number of benzene rings is 1. The summed E-state index contributed by atoms with van der Waals surface area (Å²) >= 11 is 0. The van der Waals surface area contributed by atoms with Gasteiger partial charge in [0.05, 0.1) is 24.8 Å². The largest absolute Gasteiger partial charge is 0.464 e. The number of aromatic nitrogens is 2. The molecule has 2 aromatic rings. The van der Waals surface area contributed by atoms with E-state index in [9.17, 15) is 9.59 Å². The zero-order chi connectivity index (χ0) is 26.9. The number of esters is 1. The fourth-order valence-corrected chi connectivity index (χ4v) is 8.23. The molecule has 4 aliphatic rings. The minimum atomic E-state index is -0.797. The van der Waals surface area contributed by atoms with Crippen LogP contribution in [0, 0.1) is 11.8 Å². The van der Waals surface area contributed by atoms with Crippen molar-refractivity contribution < 1.29 is 19.5 Å². The lowest BCUT2D eigenvalue weighted by molar-refractivity contribution is -0.132. The zero-order valence-corrected chi connectivity index (χ0v) is 22.8. The van der Waals surface area contributed by atoms with Crippen LogP contribution in [-0.4, -0.2) is 69.7 Å². The van der Waals surface area contributed by atoms with E-state index in [1.54, 1.807) is 0 Å². The van der Waals surface area contributed by atoms with Crippen molar-refractivity contribution in [3.63, 3.8) is 0 Å². The molecule has 39 heavy (non-hydrogen) atoms. The summed E-state index contributed by atoms with van der Waals surface area (Å²) < 4.78 is 6.78. The van der Waals surface area contributed by atoms with Gasteiger partial charge < -0.3 is 19.2 Å². The van der Waals surface area contributed by atoms with Crippen molar-refractivity contribution >= 4 is 22.7 Å². The number of hydrogen-bond acceptors (Lipinski definition) is 8. The van der Waals surface area contributed by atoms with Crippen LogP contribution in [0.2, 0.25) is 0 Å². The molecule has 2 saturated heterocycles. The summed E-state index contributed by atoms with van der Waals surface area (Å²) in [6.07, 6.45) is 13.7. The molecule has 210 valence electrons. The van der Waals surface area contributed by atoms with Crippen LogP contribution in [0.5, 0.6) is 0 Å². The number of oxime groups is 1. The fourth-order valence-electron chi connectivity index (χ4n) is 8.23. The predicted molar refractivity (Wildman–Crippen MR) is 148 cm³/mol. The number of rotatable bonds is 7. The number of carbonyl (C=O) groups excluding carboxylic acids is 1. The zero-order valence-electron chi connectivity index (χ0n) is 22.8. The highest BCUT2D eigenvalue weighted by Gasteiger charge is 2.45. The first-order chi connectivity index (χ1) is 19.1. The molecule has 5 atom stereocenters. The number of methoxy groups -OCH3 is 1. The molecule has 0 radical (unpaired) electrons. The lowest BCUT2D eigenvalue weighted by Gasteiger charge is -2.55. The van der Waals surface area contributed by atoms with Gasteiger partial charge in [0.15, 0.2) is 5.69 Å². The number of aliphatic hydroxyl groups excluding tert-OH is 1. The number of fused-ring (bicyclic) bond motifs is 5. The predicted octanol–water partition coefficient (Wildman–Crippen LogP) is 3.81. The van der Waals surface area contributed by atoms with E-state index in [4.69, 9.17) is 14.7 Å². The number of hydrogen-bond donors (Lipinski definition) is 1. The summed E-state index contributed by atoms with van der Waals surface area (Å²) in [5.74, 6) is 0.979. The van der Waals surface area contributed by atoms with E-state index in [-0.39, 0.29) is 36.2 Å². The van der Waals surface area contributed by atoms with Crippen LogP contribution in [0.3, 0.4) is 0 Å². The lowest BCUT2D eigenvalue weighted by Crippen LogP contribution is -2.58. The van der Waals surface area contributed by atoms with E-state index in [1.807, 2.05) is 28.8 Å². The Morgan fingerprint density at radius 2 is 1.67 bits per heavy atom. The van der Waals surface area contributed by atoms with Crippen molar-refractivity contribution in [2.24, 2.45) is 17.0 Å². The summed E-state index contributed by atoms with van der Waals surface area (Å²) in [7, 11) is 1.24. The summed E-state index contributed by atoms with van der Waals surface area (Å²) in [6, 6.07) is 9.22. The van der Waals surface area contributed by atoms with Crippen LogP contribution < -0.4 is 5.56 Å². The Bertz CT molecular complexity index is 1270. The third-order valence-corrected chi connectivity index (χ3v) is 9.63. The van der Waals surface area contributed by atoms with Gasteiger partial charge in [-0.15, -0.1) is 0 Å². The number of nitrogens with zero attached hydrogens (tertiary/aromatic N) is 4. The summed E-state index contributed by atoms with van der Waals surface area (Å²) in [6.45, 7) is -0.371. The number of para-hydroxylation sites is 2. The van der Waals surface area contributed by atoms with Gasteiger partial charge in [0.1, 0.15) is 6.61 Å². The van der Waals surface area contributed by atoms with E-state index in [1.165, 1.54) is 64.9 Å². The van der Waals surface area contributed by atoms with Crippen LogP contribution in [0.1, 0.15) is 82.4 Å². The van der Waals surface area contributed by atoms with Gasteiger partial charge in [-0.3, -0.25) is 9.69 Å². The standard InChI is InChI=1S/C30H40N4O5/c1-38-30(37)28(32-39-13-12-35)27-29(36)34(26-11-3-2-10-25(26)31-27)24-17-21-8-5-9-22(18-24)33(21)23-15-19-6-4-7-20(14-19)16-23/h2-3,10-11,19-24,35H,4-9,12-18H2,1H3/t19?,20?,21-,22?,23?,24+/m1/s1. The maximum Gasteiger partial charge on any atom is 0.362 e. The van der Waals surface area contributed by atoms with Gasteiger partial charge in [0, 0.05) is 24.2 Å². The van der Waals surface area contributed by atoms with E-state index in [0.29, 0.717) is 23.6 Å². The summed E-state index contributed by atoms with van der Waals surface area (Å²) in [5.41, 5.74) is 0.691. The number of piperidine rings is 2. The van der Waals surface area contributed by atoms with Gasteiger partial charge in [0.2, 0.25) is 5.71 Å². The first kappa shape index (κ1) is 26.4. The van der Waals surface area contributed by atoms with Crippen LogP contribution in [0.15, 0.2) is 34.2 Å². The Balaban J connectivity index is 1.36. The van der Waals surface area contributed by atoms with Crippen LogP contribution in [0.25, 0.3) is 11.0 Å². The van der Waals surface area contributed by atoms with Crippen molar-refractivity contribution in [3.05, 3.63) is 40.3 Å². The van der Waals surface area contributed by atoms with Crippen molar-refractivity contribution in [1.82, 2.24) is 14.5 Å². The second-order valence-corrected chi connectivity index (χ2v) is 11.9. The highest BCUT2D eigenvalue weighted by atomic mass is 16.6. The Morgan fingerprint density at radius 3 is 2.36 bits per heavy atom. The SMILES string of the molecule is COC(=O)C(=NOCCO)c1nc2ccccc2n([C@@H]2CC3CCC[C@H](C2)N3C2CC3CCCC(C3)C2)c1=O. The second-order valence-electron chi connectivity index (χ2n) is 11.9. The third kappa shape index (κ3) is 5.11. The van der Waals surface area contributed by atoms with Gasteiger partial charge in [-0.05, 0) is 68.9 Å². The second kappa shape index (κ2) is 11.4. The number of ether oxygens (including phenoxy) is 1. The average molecular weight is 537 g/mol. The van der Waals surface area contributed by atoms with E-state index < -0.39 is 5.97 Å². The molecule has 1 N–H and O–H groups in total.